The molecule has 2 amide bonds. The lowest BCUT2D eigenvalue weighted by Crippen LogP contribution is -2.24. The predicted octanol–water partition coefficient (Wildman–Crippen LogP) is 6.80. The molecule has 0 unspecified atom stereocenters. The summed E-state index contributed by atoms with van der Waals surface area (Å²) in [6.07, 6.45) is 1.55. The SMILES string of the molecule is Cc1cc(NC(=O)N/N=C/c2ccc(OCc3ccc(Cl)c(Cl)c3)cc2)ccc1Br. The largest absolute Gasteiger partial charge is 0.489 e. The Labute approximate surface area is 193 Å². The molecule has 154 valence electrons. The molecule has 8 heteroatoms. The third-order valence-electron chi connectivity index (χ3n) is 4.07. The van der Waals surface area contributed by atoms with Gasteiger partial charge in [-0.05, 0) is 78.2 Å². The quantitative estimate of drug-likeness (QED) is 0.285. The van der Waals surface area contributed by atoms with Gasteiger partial charge in [-0.25, -0.2) is 10.2 Å². The fraction of sp³-hybridized carbons (Fsp3) is 0.0909. The molecule has 0 heterocycles. The van der Waals surface area contributed by atoms with Gasteiger partial charge in [0.1, 0.15) is 12.4 Å². The molecule has 0 radical (unpaired) electrons. The van der Waals surface area contributed by atoms with Crippen LogP contribution in [-0.4, -0.2) is 12.2 Å². The molecule has 2 N–H and O–H groups in total. The van der Waals surface area contributed by atoms with Crippen LogP contribution in [0.5, 0.6) is 5.75 Å². The summed E-state index contributed by atoms with van der Waals surface area (Å²) in [7, 11) is 0. The van der Waals surface area contributed by atoms with E-state index >= 15 is 0 Å². The number of hydrazone groups is 1. The Bertz CT molecular complexity index is 1070. The highest BCUT2D eigenvalue weighted by atomic mass is 79.9. The van der Waals surface area contributed by atoms with Crippen molar-refractivity contribution in [3.8, 4) is 5.75 Å². The van der Waals surface area contributed by atoms with Crippen molar-refractivity contribution in [1.82, 2.24) is 5.43 Å². The third kappa shape index (κ3) is 6.49. The summed E-state index contributed by atoms with van der Waals surface area (Å²) < 4.78 is 6.72. The second-order valence-corrected chi connectivity index (χ2v) is 8.06. The first kappa shape index (κ1) is 22.2. The third-order valence-corrected chi connectivity index (χ3v) is 5.69. The number of nitrogens with one attached hydrogen (secondary N) is 2. The van der Waals surface area contributed by atoms with Gasteiger partial charge in [-0.15, -0.1) is 0 Å². The molecule has 0 aliphatic rings. The summed E-state index contributed by atoms with van der Waals surface area (Å²) in [5, 5.41) is 7.69. The lowest BCUT2D eigenvalue weighted by molar-refractivity contribution is 0.252. The molecule has 3 aromatic rings. The first-order valence-electron chi connectivity index (χ1n) is 8.94. The Morgan fingerprint density at radius 1 is 1.07 bits per heavy atom. The highest BCUT2D eigenvalue weighted by molar-refractivity contribution is 9.10. The summed E-state index contributed by atoms with van der Waals surface area (Å²) in [5.74, 6) is 0.703. The Morgan fingerprint density at radius 2 is 1.83 bits per heavy atom. The van der Waals surface area contributed by atoms with Crippen LogP contribution in [0.25, 0.3) is 0 Å². The van der Waals surface area contributed by atoms with E-state index in [9.17, 15) is 4.79 Å². The van der Waals surface area contributed by atoms with Gasteiger partial charge in [-0.1, -0.05) is 45.2 Å². The number of amides is 2. The van der Waals surface area contributed by atoms with E-state index in [-0.39, 0.29) is 0 Å². The Kier molecular flexibility index (Phi) is 7.74. The van der Waals surface area contributed by atoms with Crippen LogP contribution in [-0.2, 0) is 6.61 Å². The number of rotatable bonds is 6. The molecule has 0 aromatic heterocycles. The van der Waals surface area contributed by atoms with Crippen LogP contribution in [0, 0.1) is 6.92 Å². The van der Waals surface area contributed by atoms with E-state index in [4.69, 9.17) is 27.9 Å². The normalized spacial score (nSPS) is 10.8. The number of nitrogens with zero attached hydrogens (tertiary/aromatic N) is 1. The van der Waals surface area contributed by atoms with E-state index in [0.29, 0.717) is 28.1 Å². The Hall–Kier alpha value is -2.54. The molecule has 5 nitrogen and oxygen atoms in total. The van der Waals surface area contributed by atoms with Gasteiger partial charge in [-0.3, -0.25) is 0 Å². The van der Waals surface area contributed by atoms with E-state index < -0.39 is 6.03 Å². The van der Waals surface area contributed by atoms with Gasteiger partial charge in [0.2, 0.25) is 0 Å². The summed E-state index contributed by atoms with van der Waals surface area (Å²) in [6.45, 7) is 2.32. The first-order valence-corrected chi connectivity index (χ1v) is 10.5. The Morgan fingerprint density at radius 3 is 2.53 bits per heavy atom. The second kappa shape index (κ2) is 10.5. The number of halogens is 3. The number of benzene rings is 3. The molecule has 3 rings (SSSR count). The minimum atomic E-state index is -0.422. The maximum absolute atomic E-state index is 11.9. The van der Waals surface area contributed by atoms with Gasteiger partial charge >= 0.3 is 6.03 Å². The summed E-state index contributed by atoms with van der Waals surface area (Å²) in [4.78, 5) is 11.9. The molecule has 0 spiro atoms. The van der Waals surface area contributed by atoms with E-state index in [0.717, 1.165) is 21.2 Å². The molecule has 0 saturated heterocycles. The zero-order valence-corrected chi connectivity index (χ0v) is 19.1. The van der Waals surface area contributed by atoms with E-state index in [1.54, 1.807) is 24.4 Å². The fourth-order valence-corrected chi connectivity index (χ4v) is 3.06. The molecule has 0 saturated carbocycles. The number of carbonyl (C=O) groups excluding carboxylic acids is 1. The van der Waals surface area contributed by atoms with Crippen LogP contribution in [0.3, 0.4) is 0 Å². The van der Waals surface area contributed by atoms with Gasteiger partial charge in [0, 0.05) is 10.2 Å². The second-order valence-electron chi connectivity index (χ2n) is 6.39. The summed E-state index contributed by atoms with van der Waals surface area (Å²) in [6, 6.07) is 17.8. The molecule has 0 atom stereocenters. The number of aryl methyl sites for hydroxylation is 1. The summed E-state index contributed by atoms with van der Waals surface area (Å²) >= 11 is 15.3. The number of hydrogen-bond acceptors (Lipinski definition) is 3. The maximum atomic E-state index is 11.9. The molecule has 0 bridgehead atoms. The lowest BCUT2D eigenvalue weighted by atomic mass is 10.2. The molecule has 0 fully saturated rings. The zero-order valence-electron chi connectivity index (χ0n) is 16.0. The van der Waals surface area contributed by atoms with Crippen molar-refractivity contribution >= 4 is 57.1 Å². The monoisotopic (exact) mass is 505 g/mol. The number of ether oxygens (including phenoxy) is 1. The van der Waals surface area contributed by atoms with Crippen LogP contribution in [0.15, 0.2) is 70.2 Å². The zero-order chi connectivity index (χ0) is 21.5. The smallest absolute Gasteiger partial charge is 0.339 e. The number of urea groups is 1. The standard InChI is InChI=1S/C22H18BrCl2N3O2/c1-14-10-17(5-8-19(14)23)27-22(29)28-26-12-15-2-6-18(7-3-15)30-13-16-4-9-20(24)21(25)11-16/h2-12H,13H2,1H3,(H2,27,28,29)/b26-12+. The summed E-state index contributed by atoms with van der Waals surface area (Å²) in [5.41, 5.74) is 5.89. The predicted molar refractivity (Wildman–Crippen MR) is 126 cm³/mol. The van der Waals surface area contributed by atoms with E-state index in [1.165, 1.54) is 0 Å². The van der Waals surface area contributed by atoms with E-state index in [1.807, 2.05) is 49.4 Å². The van der Waals surface area contributed by atoms with Crippen molar-refractivity contribution in [3.05, 3.63) is 91.9 Å². The van der Waals surface area contributed by atoms with Crippen molar-refractivity contribution in [2.24, 2.45) is 5.10 Å². The van der Waals surface area contributed by atoms with Gasteiger partial charge in [-0.2, -0.15) is 5.10 Å². The van der Waals surface area contributed by atoms with Crippen LogP contribution >= 0.6 is 39.1 Å². The van der Waals surface area contributed by atoms with Gasteiger partial charge in [0.05, 0.1) is 16.3 Å². The number of hydrogen-bond donors (Lipinski definition) is 2. The molecular weight excluding hydrogens is 489 g/mol. The van der Waals surface area contributed by atoms with Gasteiger partial charge in [0.15, 0.2) is 0 Å². The van der Waals surface area contributed by atoms with Crippen molar-refractivity contribution in [2.45, 2.75) is 13.5 Å². The van der Waals surface area contributed by atoms with Gasteiger partial charge in [0.25, 0.3) is 0 Å². The van der Waals surface area contributed by atoms with Crippen molar-refractivity contribution < 1.29 is 9.53 Å². The van der Waals surface area contributed by atoms with Crippen LogP contribution in [0.1, 0.15) is 16.7 Å². The highest BCUT2D eigenvalue weighted by Crippen LogP contribution is 2.23. The minimum absolute atomic E-state index is 0.377. The average molecular weight is 507 g/mol. The number of anilines is 1. The lowest BCUT2D eigenvalue weighted by Gasteiger charge is -2.07. The average Bonchev–Trinajstić information content (AvgIpc) is 2.72. The van der Waals surface area contributed by atoms with Crippen molar-refractivity contribution in [2.75, 3.05) is 5.32 Å². The number of carbonyl (C=O) groups is 1. The van der Waals surface area contributed by atoms with Crippen LogP contribution < -0.4 is 15.5 Å². The molecular formula is C22H18BrCl2N3O2. The fourth-order valence-electron chi connectivity index (χ4n) is 2.49. The van der Waals surface area contributed by atoms with Crippen LogP contribution in [0.2, 0.25) is 10.0 Å². The Balaban J connectivity index is 1.48. The van der Waals surface area contributed by atoms with Crippen molar-refractivity contribution in [1.29, 1.82) is 0 Å². The topological polar surface area (TPSA) is 62.7 Å². The maximum Gasteiger partial charge on any atom is 0.339 e. The van der Waals surface area contributed by atoms with Crippen LogP contribution in [0.4, 0.5) is 10.5 Å². The van der Waals surface area contributed by atoms with Crippen molar-refractivity contribution in [3.63, 3.8) is 0 Å². The molecule has 30 heavy (non-hydrogen) atoms. The molecule has 0 aliphatic heterocycles. The van der Waals surface area contributed by atoms with Gasteiger partial charge < -0.3 is 10.1 Å². The highest BCUT2D eigenvalue weighted by Gasteiger charge is 2.03. The minimum Gasteiger partial charge on any atom is -0.489 e. The molecule has 3 aromatic carbocycles. The molecule has 0 aliphatic carbocycles. The van der Waals surface area contributed by atoms with E-state index in [2.05, 4.69) is 31.8 Å². The first-order chi connectivity index (χ1) is 14.4.